The first-order chi connectivity index (χ1) is 8.54. The van der Waals surface area contributed by atoms with Crippen molar-refractivity contribution < 1.29 is 9.53 Å². The van der Waals surface area contributed by atoms with Crippen LogP contribution in [0.25, 0.3) is 0 Å². The molecule has 1 aromatic heterocycles. The van der Waals surface area contributed by atoms with E-state index in [4.69, 9.17) is 10.5 Å². The number of hydrogen-bond acceptors (Lipinski definition) is 4. The fourth-order valence-corrected chi connectivity index (χ4v) is 2.18. The smallest absolute Gasteiger partial charge is 0.232 e. The fourth-order valence-electron chi connectivity index (χ4n) is 2.18. The number of carbonyl (C=O) groups excluding carboxylic acids is 1. The van der Waals surface area contributed by atoms with Crippen LogP contribution in [0.1, 0.15) is 12.5 Å². The average Bonchev–Trinajstić information content (AvgIpc) is 2.71. The van der Waals surface area contributed by atoms with E-state index >= 15 is 0 Å². The number of carbonyl (C=O) groups is 1. The van der Waals surface area contributed by atoms with E-state index in [1.54, 1.807) is 24.3 Å². The maximum atomic E-state index is 12.4. The number of amides is 1. The van der Waals surface area contributed by atoms with Crippen molar-refractivity contribution in [2.75, 3.05) is 20.3 Å². The van der Waals surface area contributed by atoms with Gasteiger partial charge in [-0.15, -0.1) is 0 Å². The van der Waals surface area contributed by atoms with Crippen LogP contribution >= 0.6 is 0 Å². The SMILES string of the molecule is CN(Cc1cccnc1)C(=O)C1(C)COCC1N. The molecule has 2 heterocycles. The Morgan fingerprint density at radius 2 is 2.50 bits per heavy atom. The molecule has 0 spiro atoms. The van der Waals surface area contributed by atoms with Gasteiger partial charge in [0.25, 0.3) is 0 Å². The second-order valence-electron chi connectivity index (χ2n) is 5.06. The van der Waals surface area contributed by atoms with Crippen molar-refractivity contribution in [1.82, 2.24) is 9.88 Å². The van der Waals surface area contributed by atoms with Crippen molar-refractivity contribution in [2.45, 2.75) is 19.5 Å². The van der Waals surface area contributed by atoms with Crippen LogP contribution in [0, 0.1) is 5.41 Å². The van der Waals surface area contributed by atoms with Gasteiger partial charge in [0.1, 0.15) is 0 Å². The molecule has 0 bridgehead atoms. The first-order valence-electron chi connectivity index (χ1n) is 6.02. The molecule has 2 rings (SSSR count). The number of pyridine rings is 1. The van der Waals surface area contributed by atoms with E-state index in [1.165, 1.54) is 0 Å². The summed E-state index contributed by atoms with van der Waals surface area (Å²) in [5.41, 5.74) is 6.35. The second-order valence-corrected chi connectivity index (χ2v) is 5.06. The van der Waals surface area contributed by atoms with E-state index in [-0.39, 0.29) is 11.9 Å². The lowest BCUT2D eigenvalue weighted by atomic mass is 9.84. The Morgan fingerprint density at radius 1 is 1.72 bits per heavy atom. The minimum atomic E-state index is -0.614. The number of hydrogen-bond donors (Lipinski definition) is 1. The van der Waals surface area contributed by atoms with Crippen LogP contribution in [0.3, 0.4) is 0 Å². The van der Waals surface area contributed by atoms with E-state index in [1.807, 2.05) is 19.1 Å². The van der Waals surface area contributed by atoms with Gasteiger partial charge in [-0.05, 0) is 18.6 Å². The highest BCUT2D eigenvalue weighted by atomic mass is 16.5. The van der Waals surface area contributed by atoms with Crippen LogP contribution in [-0.2, 0) is 16.1 Å². The van der Waals surface area contributed by atoms with Gasteiger partial charge in [0.05, 0.1) is 18.6 Å². The van der Waals surface area contributed by atoms with Gasteiger partial charge in [0.2, 0.25) is 5.91 Å². The van der Waals surface area contributed by atoms with E-state index < -0.39 is 5.41 Å². The van der Waals surface area contributed by atoms with Crippen molar-refractivity contribution in [1.29, 1.82) is 0 Å². The summed E-state index contributed by atoms with van der Waals surface area (Å²) >= 11 is 0. The highest BCUT2D eigenvalue weighted by Gasteiger charge is 2.45. The number of nitrogens with two attached hydrogens (primary N) is 1. The molecule has 1 aliphatic rings. The lowest BCUT2D eigenvalue weighted by molar-refractivity contribution is -0.140. The van der Waals surface area contributed by atoms with Crippen molar-refractivity contribution in [3.05, 3.63) is 30.1 Å². The molecule has 0 radical (unpaired) electrons. The van der Waals surface area contributed by atoms with Gasteiger partial charge in [0.15, 0.2) is 0 Å². The largest absolute Gasteiger partial charge is 0.379 e. The molecule has 98 valence electrons. The summed E-state index contributed by atoms with van der Waals surface area (Å²) in [6.07, 6.45) is 3.48. The van der Waals surface area contributed by atoms with Crippen molar-refractivity contribution in [3.8, 4) is 0 Å². The van der Waals surface area contributed by atoms with Gasteiger partial charge in [-0.3, -0.25) is 9.78 Å². The van der Waals surface area contributed by atoms with Crippen LogP contribution in [0.2, 0.25) is 0 Å². The van der Waals surface area contributed by atoms with Gasteiger partial charge >= 0.3 is 0 Å². The van der Waals surface area contributed by atoms with Crippen LogP contribution in [-0.4, -0.2) is 42.1 Å². The van der Waals surface area contributed by atoms with Gasteiger partial charge < -0.3 is 15.4 Å². The van der Waals surface area contributed by atoms with E-state index in [0.29, 0.717) is 19.8 Å². The molecule has 2 N–H and O–H groups in total. The molecule has 18 heavy (non-hydrogen) atoms. The number of ether oxygens (including phenoxy) is 1. The van der Waals surface area contributed by atoms with E-state index in [9.17, 15) is 4.79 Å². The Hall–Kier alpha value is -1.46. The summed E-state index contributed by atoms with van der Waals surface area (Å²) in [5, 5.41) is 0. The molecule has 0 aromatic carbocycles. The Labute approximate surface area is 107 Å². The highest BCUT2D eigenvalue weighted by Crippen LogP contribution is 2.29. The third-order valence-corrected chi connectivity index (χ3v) is 3.50. The zero-order chi connectivity index (χ0) is 13.2. The molecule has 0 saturated carbocycles. The summed E-state index contributed by atoms with van der Waals surface area (Å²) < 4.78 is 5.31. The second kappa shape index (κ2) is 5.04. The lowest BCUT2D eigenvalue weighted by Crippen LogP contribution is -2.50. The number of aromatic nitrogens is 1. The fraction of sp³-hybridized carbons (Fsp3) is 0.538. The van der Waals surface area contributed by atoms with E-state index in [2.05, 4.69) is 4.98 Å². The molecule has 1 amide bonds. The molecule has 1 saturated heterocycles. The van der Waals surface area contributed by atoms with Crippen LogP contribution in [0.15, 0.2) is 24.5 Å². The molecule has 2 unspecified atom stereocenters. The number of rotatable bonds is 3. The average molecular weight is 249 g/mol. The third kappa shape index (κ3) is 2.37. The Balaban J connectivity index is 2.05. The Kier molecular flexibility index (Phi) is 3.63. The Bertz CT molecular complexity index is 424. The molecular weight excluding hydrogens is 230 g/mol. The summed E-state index contributed by atoms with van der Waals surface area (Å²) in [5.74, 6) is 0.0244. The molecule has 1 aromatic rings. The summed E-state index contributed by atoms with van der Waals surface area (Å²) in [6.45, 7) is 3.25. The summed E-state index contributed by atoms with van der Waals surface area (Å²) in [7, 11) is 1.78. The quantitative estimate of drug-likeness (QED) is 0.842. The highest BCUT2D eigenvalue weighted by molar-refractivity contribution is 5.83. The van der Waals surface area contributed by atoms with Gasteiger partial charge in [-0.2, -0.15) is 0 Å². The van der Waals surface area contributed by atoms with Gasteiger partial charge in [-0.25, -0.2) is 0 Å². The number of nitrogens with zero attached hydrogens (tertiary/aromatic N) is 2. The maximum absolute atomic E-state index is 12.4. The summed E-state index contributed by atoms with van der Waals surface area (Å²) in [6, 6.07) is 3.57. The minimum absolute atomic E-state index is 0.0244. The minimum Gasteiger partial charge on any atom is -0.379 e. The topological polar surface area (TPSA) is 68.5 Å². The standard InChI is InChI=1S/C13H19N3O2/c1-13(9-18-8-11(13)14)12(17)16(2)7-10-4-3-5-15-6-10/h3-6,11H,7-9,14H2,1-2H3. The molecule has 5 heteroatoms. The van der Waals surface area contributed by atoms with Crippen LogP contribution in [0.5, 0.6) is 0 Å². The van der Waals surface area contributed by atoms with Gasteiger partial charge in [-0.1, -0.05) is 6.07 Å². The maximum Gasteiger partial charge on any atom is 0.232 e. The molecule has 1 aliphatic heterocycles. The summed E-state index contributed by atoms with van der Waals surface area (Å²) in [4.78, 5) is 18.2. The molecule has 0 aliphatic carbocycles. The zero-order valence-corrected chi connectivity index (χ0v) is 10.8. The van der Waals surface area contributed by atoms with Crippen molar-refractivity contribution in [3.63, 3.8) is 0 Å². The van der Waals surface area contributed by atoms with E-state index in [0.717, 1.165) is 5.56 Å². The van der Waals surface area contributed by atoms with Crippen molar-refractivity contribution >= 4 is 5.91 Å². The third-order valence-electron chi connectivity index (χ3n) is 3.50. The van der Waals surface area contributed by atoms with Crippen molar-refractivity contribution in [2.24, 2.45) is 11.1 Å². The van der Waals surface area contributed by atoms with Crippen LogP contribution < -0.4 is 5.73 Å². The zero-order valence-electron chi connectivity index (χ0n) is 10.8. The molecular formula is C13H19N3O2. The predicted octanol–water partition coefficient (Wildman–Crippen LogP) is 0.404. The first-order valence-corrected chi connectivity index (χ1v) is 6.02. The molecule has 2 atom stereocenters. The normalized spacial score (nSPS) is 27.2. The molecule has 5 nitrogen and oxygen atoms in total. The van der Waals surface area contributed by atoms with Crippen LogP contribution in [0.4, 0.5) is 0 Å². The lowest BCUT2D eigenvalue weighted by Gasteiger charge is -2.30. The predicted molar refractivity (Wildman–Crippen MR) is 67.6 cm³/mol. The first kappa shape index (κ1) is 13.0. The Morgan fingerprint density at radius 3 is 3.06 bits per heavy atom. The monoisotopic (exact) mass is 249 g/mol. The van der Waals surface area contributed by atoms with Gasteiger partial charge in [0, 0.05) is 32.0 Å². The molecule has 1 fully saturated rings.